The molecule has 0 aliphatic carbocycles. The zero-order valence-corrected chi connectivity index (χ0v) is 17.3. The molecule has 0 spiro atoms. The summed E-state index contributed by atoms with van der Waals surface area (Å²) in [6.07, 6.45) is 0. The van der Waals surface area contributed by atoms with Crippen molar-refractivity contribution in [3.63, 3.8) is 0 Å². The Hall–Kier alpha value is -1.93. The lowest BCUT2D eigenvalue weighted by Gasteiger charge is -2.30. The summed E-state index contributed by atoms with van der Waals surface area (Å²) in [6.45, 7) is 9.91. The fourth-order valence-corrected chi connectivity index (χ4v) is 4.30. The maximum atomic E-state index is 12.4. The predicted octanol–water partition coefficient (Wildman–Crippen LogP) is 3.84. The topological polar surface area (TPSA) is 75.2 Å². The third-order valence-electron chi connectivity index (χ3n) is 3.74. The molecule has 0 atom stereocenters. The van der Waals surface area contributed by atoms with Crippen LogP contribution in [-0.2, 0) is 4.79 Å². The number of aryl methyl sites for hydroxylation is 1. The molecule has 2 amide bonds. The molecule has 0 aliphatic rings. The van der Waals surface area contributed by atoms with Gasteiger partial charge in [-0.2, -0.15) is 0 Å². The van der Waals surface area contributed by atoms with Gasteiger partial charge in [0.25, 0.3) is 5.91 Å². The van der Waals surface area contributed by atoms with Crippen molar-refractivity contribution in [2.45, 2.75) is 51.0 Å². The van der Waals surface area contributed by atoms with Gasteiger partial charge in [0, 0.05) is 17.6 Å². The smallest absolute Gasteiger partial charge is 0.257 e. The van der Waals surface area contributed by atoms with Crippen molar-refractivity contribution in [3.8, 4) is 0 Å². The summed E-state index contributed by atoms with van der Waals surface area (Å²) in [5.74, 6) is 0.162. The van der Waals surface area contributed by atoms with E-state index in [0.717, 1.165) is 5.56 Å². The Kier molecular flexibility index (Phi) is 7.16. The predicted molar refractivity (Wildman–Crippen MR) is 107 cm³/mol. The van der Waals surface area contributed by atoms with E-state index in [-0.39, 0.29) is 23.9 Å². The second-order valence-corrected chi connectivity index (χ2v) is 8.62. The largest absolute Gasteiger partial charge is 0.337 e. The van der Waals surface area contributed by atoms with E-state index in [4.69, 9.17) is 0 Å². The summed E-state index contributed by atoms with van der Waals surface area (Å²) in [7, 11) is 0. The first kappa shape index (κ1) is 20.4. The summed E-state index contributed by atoms with van der Waals surface area (Å²) in [6, 6.07) is 7.68. The van der Waals surface area contributed by atoms with Crippen LogP contribution in [0, 0.1) is 6.92 Å². The molecule has 1 heterocycles. The van der Waals surface area contributed by atoms with Gasteiger partial charge >= 0.3 is 0 Å². The monoisotopic (exact) mass is 392 g/mol. The number of aromatic nitrogens is 2. The Labute approximate surface area is 162 Å². The Morgan fingerprint density at radius 1 is 1.15 bits per heavy atom. The molecule has 0 radical (unpaired) electrons. The number of hydrogen-bond acceptors (Lipinski definition) is 6. The van der Waals surface area contributed by atoms with Crippen molar-refractivity contribution in [3.05, 3.63) is 35.4 Å². The first-order chi connectivity index (χ1) is 12.3. The van der Waals surface area contributed by atoms with E-state index in [1.54, 1.807) is 6.07 Å². The van der Waals surface area contributed by atoms with E-state index < -0.39 is 0 Å². The molecule has 140 valence electrons. The molecule has 0 bridgehead atoms. The van der Waals surface area contributed by atoms with Crippen molar-refractivity contribution in [2.75, 3.05) is 11.1 Å². The zero-order valence-electron chi connectivity index (χ0n) is 15.6. The molecule has 2 aromatic rings. The van der Waals surface area contributed by atoms with E-state index in [9.17, 15) is 9.59 Å². The Balaban J connectivity index is 1.95. The first-order valence-corrected chi connectivity index (χ1v) is 10.2. The molecule has 0 fully saturated rings. The van der Waals surface area contributed by atoms with Gasteiger partial charge in [-0.3, -0.25) is 14.9 Å². The van der Waals surface area contributed by atoms with Crippen LogP contribution in [0.1, 0.15) is 43.6 Å². The van der Waals surface area contributed by atoms with Crippen LogP contribution in [-0.4, -0.2) is 44.7 Å². The third kappa shape index (κ3) is 5.28. The van der Waals surface area contributed by atoms with Crippen LogP contribution in [0.25, 0.3) is 0 Å². The van der Waals surface area contributed by atoms with Crippen LogP contribution < -0.4 is 5.32 Å². The highest BCUT2D eigenvalue weighted by molar-refractivity contribution is 8.01. The van der Waals surface area contributed by atoms with Crippen LogP contribution in [0.2, 0.25) is 0 Å². The van der Waals surface area contributed by atoms with Crippen LogP contribution in [0.3, 0.4) is 0 Å². The SMILES string of the molecule is Cc1ccccc1C(=O)Nc1nnc(SCC(=O)N(C(C)C)C(C)C)s1. The van der Waals surface area contributed by atoms with Crippen LogP contribution in [0.5, 0.6) is 0 Å². The van der Waals surface area contributed by atoms with Gasteiger partial charge in [0.1, 0.15) is 0 Å². The quantitative estimate of drug-likeness (QED) is 0.572. The normalized spacial score (nSPS) is 11.0. The number of hydrogen-bond donors (Lipinski definition) is 1. The lowest BCUT2D eigenvalue weighted by molar-refractivity contribution is -0.131. The van der Waals surface area contributed by atoms with Crippen molar-refractivity contribution in [1.82, 2.24) is 15.1 Å². The molecule has 0 saturated heterocycles. The Morgan fingerprint density at radius 3 is 2.42 bits per heavy atom. The van der Waals surface area contributed by atoms with Crippen molar-refractivity contribution < 1.29 is 9.59 Å². The zero-order chi connectivity index (χ0) is 19.3. The molecule has 0 unspecified atom stereocenters. The summed E-state index contributed by atoms with van der Waals surface area (Å²) in [5, 5.41) is 11.2. The standard InChI is InChI=1S/C18H24N4O2S2/c1-11(2)22(12(3)4)15(23)10-25-18-21-20-17(26-18)19-16(24)14-9-7-6-8-13(14)5/h6-9,11-12H,10H2,1-5H3,(H,19,20,24). The molecule has 8 heteroatoms. The van der Waals surface area contributed by atoms with E-state index >= 15 is 0 Å². The second-order valence-electron chi connectivity index (χ2n) is 6.42. The van der Waals surface area contributed by atoms with Gasteiger partial charge in [-0.05, 0) is 46.2 Å². The van der Waals surface area contributed by atoms with Gasteiger partial charge in [0.05, 0.1) is 5.75 Å². The minimum absolute atomic E-state index is 0.0701. The minimum Gasteiger partial charge on any atom is -0.337 e. The highest BCUT2D eigenvalue weighted by Crippen LogP contribution is 2.26. The van der Waals surface area contributed by atoms with Crippen molar-refractivity contribution >= 4 is 40.0 Å². The van der Waals surface area contributed by atoms with Crippen molar-refractivity contribution in [2.24, 2.45) is 0 Å². The van der Waals surface area contributed by atoms with E-state index in [2.05, 4.69) is 15.5 Å². The van der Waals surface area contributed by atoms with Crippen LogP contribution >= 0.6 is 23.1 Å². The number of carbonyl (C=O) groups excluding carboxylic acids is 2. The number of amides is 2. The summed E-state index contributed by atoms with van der Waals surface area (Å²) in [4.78, 5) is 26.6. The fourth-order valence-electron chi connectivity index (χ4n) is 2.68. The Bertz CT molecular complexity index is 766. The van der Waals surface area contributed by atoms with Gasteiger partial charge in [0.15, 0.2) is 4.34 Å². The number of nitrogens with one attached hydrogen (secondary N) is 1. The molecule has 1 aromatic carbocycles. The van der Waals surface area contributed by atoms with Crippen molar-refractivity contribution in [1.29, 1.82) is 0 Å². The number of thioether (sulfide) groups is 1. The van der Waals surface area contributed by atoms with Gasteiger partial charge in [-0.25, -0.2) is 0 Å². The molecule has 2 rings (SSSR count). The van der Waals surface area contributed by atoms with E-state index in [1.807, 2.05) is 57.7 Å². The van der Waals surface area contributed by atoms with Gasteiger partial charge < -0.3 is 4.90 Å². The Morgan fingerprint density at radius 2 is 1.81 bits per heavy atom. The average molecular weight is 393 g/mol. The lowest BCUT2D eigenvalue weighted by atomic mass is 10.1. The second kappa shape index (κ2) is 9.14. The maximum absolute atomic E-state index is 12.4. The van der Waals surface area contributed by atoms with Gasteiger partial charge in [-0.1, -0.05) is 41.3 Å². The maximum Gasteiger partial charge on any atom is 0.257 e. The number of rotatable bonds is 7. The van der Waals surface area contributed by atoms with E-state index in [0.29, 0.717) is 20.8 Å². The molecule has 26 heavy (non-hydrogen) atoms. The third-order valence-corrected chi connectivity index (χ3v) is 5.69. The van der Waals surface area contributed by atoms with Crippen LogP contribution in [0.15, 0.2) is 28.6 Å². The molecule has 1 aromatic heterocycles. The fraction of sp³-hybridized carbons (Fsp3) is 0.444. The molecule has 1 N–H and O–H groups in total. The highest BCUT2D eigenvalue weighted by atomic mass is 32.2. The summed E-state index contributed by atoms with van der Waals surface area (Å²) in [5.41, 5.74) is 1.51. The number of benzene rings is 1. The minimum atomic E-state index is -0.210. The molecular weight excluding hydrogens is 368 g/mol. The number of anilines is 1. The van der Waals surface area contributed by atoms with Gasteiger partial charge in [-0.15, -0.1) is 10.2 Å². The van der Waals surface area contributed by atoms with E-state index in [1.165, 1.54) is 23.1 Å². The average Bonchev–Trinajstić information content (AvgIpc) is 3.00. The molecule has 0 saturated carbocycles. The highest BCUT2D eigenvalue weighted by Gasteiger charge is 2.21. The van der Waals surface area contributed by atoms with Gasteiger partial charge in [0.2, 0.25) is 11.0 Å². The lowest BCUT2D eigenvalue weighted by Crippen LogP contribution is -2.43. The number of carbonyl (C=O) groups is 2. The molecule has 6 nitrogen and oxygen atoms in total. The first-order valence-electron chi connectivity index (χ1n) is 8.44. The van der Waals surface area contributed by atoms with Crippen LogP contribution in [0.4, 0.5) is 5.13 Å². The number of nitrogens with zero attached hydrogens (tertiary/aromatic N) is 3. The summed E-state index contributed by atoms with van der Waals surface area (Å²) < 4.78 is 0.658. The molecular formula is C18H24N4O2S2. The molecule has 0 aliphatic heterocycles. The summed E-state index contributed by atoms with van der Waals surface area (Å²) >= 11 is 2.61.